The van der Waals surface area contributed by atoms with Crippen LogP contribution in [0.15, 0.2) is 58.5 Å². The molecule has 0 aliphatic heterocycles. The topological polar surface area (TPSA) is 92.2 Å². The van der Waals surface area contributed by atoms with Crippen molar-refractivity contribution in [1.82, 2.24) is 19.6 Å². The Morgan fingerprint density at radius 2 is 1.80 bits per heavy atom. The molecule has 1 amide bonds. The number of rotatable bonds is 5. The first-order valence-electron chi connectivity index (χ1n) is 9.46. The summed E-state index contributed by atoms with van der Waals surface area (Å²) in [7, 11) is 0. The Morgan fingerprint density at radius 3 is 2.53 bits per heavy atom. The van der Waals surface area contributed by atoms with Crippen LogP contribution in [0.2, 0.25) is 0 Å². The van der Waals surface area contributed by atoms with E-state index in [4.69, 9.17) is 0 Å². The van der Waals surface area contributed by atoms with E-state index in [2.05, 4.69) is 26.4 Å². The zero-order valence-corrected chi connectivity index (χ0v) is 17.7. The second-order valence-corrected chi connectivity index (χ2v) is 8.11. The molecule has 0 aliphatic carbocycles. The highest BCUT2D eigenvalue weighted by Crippen LogP contribution is 2.24. The van der Waals surface area contributed by atoms with E-state index in [9.17, 15) is 9.59 Å². The summed E-state index contributed by atoms with van der Waals surface area (Å²) in [4.78, 5) is 33.5. The summed E-state index contributed by atoms with van der Waals surface area (Å²) >= 11 is 1.24. The fourth-order valence-electron chi connectivity index (χ4n) is 3.30. The molecule has 2 N–H and O–H groups in total. The van der Waals surface area contributed by atoms with Gasteiger partial charge in [0.25, 0.3) is 5.56 Å². The molecule has 152 valence electrons. The SMILES string of the molecule is Cc1cc(C)cc(NC(=O)CSc2nc(-c3ccccc3C)nc3cc(=O)[nH]n23)c1. The quantitative estimate of drug-likeness (QED) is 0.481. The van der Waals surface area contributed by atoms with E-state index in [-0.39, 0.29) is 17.2 Å². The first-order valence-corrected chi connectivity index (χ1v) is 10.4. The number of carbonyl (C=O) groups excluding carboxylic acids is 1. The van der Waals surface area contributed by atoms with E-state index >= 15 is 0 Å². The highest BCUT2D eigenvalue weighted by atomic mass is 32.2. The van der Waals surface area contributed by atoms with Gasteiger partial charge in [0.05, 0.1) is 5.75 Å². The number of hydrogen-bond acceptors (Lipinski definition) is 5. The number of anilines is 1. The van der Waals surface area contributed by atoms with Crippen molar-refractivity contribution < 1.29 is 4.79 Å². The van der Waals surface area contributed by atoms with Crippen molar-refractivity contribution in [3.8, 4) is 11.4 Å². The second-order valence-electron chi connectivity index (χ2n) is 7.17. The highest BCUT2D eigenvalue weighted by molar-refractivity contribution is 7.99. The van der Waals surface area contributed by atoms with Crippen LogP contribution in [0.25, 0.3) is 17.0 Å². The van der Waals surface area contributed by atoms with Crippen LogP contribution < -0.4 is 10.9 Å². The van der Waals surface area contributed by atoms with Gasteiger partial charge in [-0.25, -0.2) is 14.5 Å². The molecule has 7 nitrogen and oxygen atoms in total. The fourth-order valence-corrected chi connectivity index (χ4v) is 4.05. The van der Waals surface area contributed by atoms with Gasteiger partial charge in [-0.05, 0) is 49.6 Å². The minimum absolute atomic E-state index is 0.145. The maximum Gasteiger partial charge on any atom is 0.266 e. The molecular formula is C22H21N5O2S. The molecule has 2 aromatic heterocycles. The van der Waals surface area contributed by atoms with Crippen LogP contribution in [-0.2, 0) is 4.79 Å². The second kappa shape index (κ2) is 8.16. The predicted octanol–water partition coefficient (Wildman–Crippen LogP) is 3.74. The Bertz CT molecular complexity index is 1290. The predicted molar refractivity (Wildman–Crippen MR) is 119 cm³/mol. The standard InChI is InChI=1S/C22H21N5O2S/c1-13-8-14(2)10-16(9-13)23-20(29)12-30-22-25-21(17-7-5-4-6-15(17)3)24-18-11-19(28)26-27(18)22/h4-11H,12H2,1-3H3,(H,23,29)(H,26,28). The molecule has 30 heavy (non-hydrogen) atoms. The molecule has 0 atom stereocenters. The Labute approximate surface area is 177 Å². The van der Waals surface area contributed by atoms with E-state index < -0.39 is 0 Å². The zero-order chi connectivity index (χ0) is 21.3. The van der Waals surface area contributed by atoms with Crippen molar-refractivity contribution in [2.45, 2.75) is 25.9 Å². The summed E-state index contributed by atoms with van der Waals surface area (Å²) < 4.78 is 1.51. The van der Waals surface area contributed by atoms with Gasteiger partial charge in [0.15, 0.2) is 16.6 Å². The van der Waals surface area contributed by atoms with E-state index in [0.29, 0.717) is 16.6 Å². The lowest BCUT2D eigenvalue weighted by atomic mass is 10.1. The zero-order valence-electron chi connectivity index (χ0n) is 16.9. The lowest BCUT2D eigenvalue weighted by Crippen LogP contribution is -2.15. The van der Waals surface area contributed by atoms with Crippen molar-refractivity contribution in [3.05, 3.63) is 75.6 Å². The number of amides is 1. The number of hydrogen-bond donors (Lipinski definition) is 2. The smallest absolute Gasteiger partial charge is 0.266 e. The van der Waals surface area contributed by atoms with Crippen molar-refractivity contribution in [2.24, 2.45) is 0 Å². The Morgan fingerprint density at radius 1 is 1.07 bits per heavy atom. The number of aromatic amines is 1. The third kappa shape index (κ3) is 4.28. The first kappa shape index (κ1) is 19.9. The molecule has 0 saturated carbocycles. The minimum atomic E-state index is -0.271. The van der Waals surface area contributed by atoms with Gasteiger partial charge in [-0.2, -0.15) is 0 Å². The van der Waals surface area contributed by atoms with Gasteiger partial charge in [0.2, 0.25) is 5.91 Å². The fraction of sp³-hybridized carbons (Fsp3) is 0.182. The lowest BCUT2D eigenvalue weighted by molar-refractivity contribution is -0.113. The third-order valence-corrected chi connectivity index (χ3v) is 5.49. The first-order chi connectivity index (χ1) is 14.4. The van der Waals surface area contributed by atoms with Crippen molar-refractivity contribution >= 4 is 29.0 Å². The summed E-state index contributed by atoms with van der Waals surface area (Å²) in [6.45, 7) is 5.96. The molecule has 0 fully saturated rings. The van der Waals surface area contributed by atoms with Gasteiger partial charge in [-0.1, -0.05) is 42.1 Å². The summed E-state index contributed by atoms with van der Waals surface area (Å²) in [5, 5.41) is 6.11. The summed E-state index contributed by atoms with van der Waals surface area (Å²) in [5.41, 5.74) is 5.05. The van der Waals surface area contributed by atoms with Gasteiger partial charge in [-0.3, -0.25) is 14.7 Å². The highest BCUT2D eigenvalue weighted by Gasteiger charge is 2.14. The van der Waals surface area contributed by atoms with Crippen LogP contribution in [0.1, 0.15) is 16.7 Å². The Balaban J connectivity index is 1.61. The van der Waals surface area contributed by atoms with Gasteiger partial charge in [0.1, 0.15) is 0 Å². The summed E-state index contributed by atoms with van der Waals surface area (Å²) in [6, 6.07) is 15.1. The lowest BCUT2D eigenvalue weighted by Gasteiger charge is -2.10. The van der Waals surface area contributed by atoms with Gasteiger partial charge >= 0.3 is 0 Å². The van der Waals surface area contributed by atoms with Crippen molar-refractivity contribution in [1.29, 1.82) is 0 Å². The third-order valence-electron chi connectivity index (χ3n) is 4.55. The van der Waals surface area contributed by atoms with Crippen LogP contribution >= 0.6 is 11.8 Å². The molecule has 0 aliphatic rings. The summed E-state index contributed by atoms with van der Waals surface area (Å²) in [6.07, 6.45) is 0. The van der Waals surface area contributed by atoms with Crippen molar-refractivity contribution in [2.75, 3.05) is 11.1 Å². The molecule has 4 aromatic rings. The molecule has 4 rings (SSSR count). The molecule has 0 saturated heterocycles. The number of thioether (sulfide) groups is 1. The molecule has 0 spiro atoms. The average molecular weight is 420 g/mol. The maximum atomic E-state index is 12.5. The van der Waals surface area contributed by atoms with E-state index in [1.54, 1.807) is 0 Å². The van der Waals surface area contributed by atoms with Gasteiger partial charge in [-0.15, -0.1) is 0 Å². The number of carbonyl (C=O) groups is 1. The Hall–Kier alpha value is -3.39. The molecule has 2 aromatic carbocycles. The maximum absolute atomic E-state index is 12.5. The van der Waals surface area contributed by atoms with Crippen molar-refractivity contribution in [3.63, 3.8) is 0 Å². The number of benzene rings is 2. The molecule has 2 heterocycles. The van der Waals surface area contributed by atoms with Crippen LogP contribution in [0, 0.1) is 20.8 Å². The molecular weight excluding hydrogens is 398 g/mol. The van der Waals surface area contributed by atoms with Crippen LogP contribution in [0.3, 0.4) is 0 Å². The number of aryl methyl sites for hydroxylation is 3. The minimum Gasteiger partial charge on any atom is -0.325 e. The number of aromatic nitrogens is 4. The average Bonchev–Trinajstić information content (AvgIpc) is 3.05. The number of nitrogens with one attached hydrogen (secondary N) is 2. The monoisotopic (exact) mass is 419 g/mol. The molecule has 0 radical (unpaired) electrons. The molecule has 0 unspecified atom stereocenters. The normalized spacial score (nSPS) is 11.0. The van der Waals surface area contributed by atoms with E-state index in [1.807, 2.05) is 57.2 Å². The number of H-pyrrole nitrogens is 1. The van der Waals surface area contributed by atoms with Crippen LogP contribution in [-0.4, -0.2) is 31.2 Å². The van der Waals surface area contributed by atoms with Crippen LogP contribution in [0.5, 0.6) is 0 Å². The number of fused-ring (bicyclic) bond motifs is 1. The number of nitrogens with zero attached hydrogens (tertiary/aromatic N) is 3. The van der Waals surface area contributed by atoms with E-state index in [1.165, 1.54) is 22.3 Å². The van der Waals surface area contributed by atoms with Gasteiger partial charge < -0.3 is 5.32 Å². The van der Waals surface area contributed by atoms with E-state index in [0.717, 1.165) is 27.9 Å². The summed E-state index contributed by atoms with van der Waals surface area (Å²) in [5.74, 6) is 0.514. The van der Waals surface area contributed by atoms with Crippen LogP contribution in [0.4, 0.5) is 5.69 Å². The Kier molecular flexibility index (Phi) is 5.41. The molecule has 0 bridgehead atoms. The largest absolute Gasteiger partial charge is 0.325 e. The van der Waals surface area contributed by atoms with Gasteiger partial charge in [0, 0.05) is 17.3 Å². The molecule has 8 heteroatoms.